The fourth-order valence-corrected chi connectivity index (χ4v) is 3.67. The van der Waals surface area contributed by atoms with Gasteiger partial charge in [-0.25, -0.2) is 4.98 Å². The molecule has 0 spiro atoms. The fraction of sp³-hybridized carbons (Fsp3) is 0.500. The molecule has 1 aromatic heterocycles. The highest BCUT2D eigenvalue weighted by Crippen LogP contribution is 2.23. The highest BCUT2D eigenvalue weighted by molar-refractivity contribution is 5.60. The highest BCUT2D eigenvalue weighted by Gasteiger charge is 2.16. The van der Waals surface area contributed by atoms with Gasteiger partial charge in [0.05, 0.1) is 0 Å². The molecular weight excluding hydrogens is 324 g/mol. The molecule has 6 nitrogen and oxygen atoms in total. The smallest absolute Gasteiger partial charge is 0.229 e. The Bertz CT molecular complexity index is 730. The van der Waals surface area contributed by atoms with Crippen LogP contribution in [0.3, 0.4) is 0 Å². The van der Waals surface area contributed by atoms with Gasteiger partial charge in [-0.2, -0.15) is 4.98 Å². The number of hydrogen-bond donors (Lipinski definition) is 1. The van der Waals surface area contributed by atoms with Crippen LogP contribution in [-0.2, 0) is 0 Å². The number of benzene rings is 1. The number of nitrogens with zero attached hydrogens (tertiary/aromatic N) is 5. The first-order chi connectivity index (χ1) is 12.7. The van der Waals surface area contributed by atoms with Crippen molar-refractivity contribution in [1.82, 2.24) is 14.9 Å². The molecule has 6 heteroatoms. The summed E-state index contributed by atoms with van der Waals surface area (Å²) >= 11 is 0. The van der Waals surface area contributed by atoms with E-state index < -0.39 is 0 Å². The molecule has 0 bridgehead atoms. The van der Waals surface area contributed by atoms with E-state index in [9.17, 15) is 0 Å². The van der Waals surface area contributed by atoms with Crippen molar-refractivity contribution in [1.29, 1.82) is 0 Å². The van der Waals surface area contributed by atoms with Gasteiger partial charge in [0.2, 0.25) is 5.95 Å². The molecule has 0 radical (unpaired) electrons. The molecule has 138 valence electrons. The van der Waals surface area contributed by atoms with Crippen LogP contribution < -0.4 is 15.1 Å². The van der Waals surface area contributed by atoms with Crippen LogP contribution in [-0.4, -0.2) is 61.2 Å². The summed E-state index contributed by atoms with van der Waals surface area (Å²) in [6.07, 6.45) is 2.50. The third-order valence-electron chi connectivity index (χ3n) is 5.26. The van der Waals surface area contributed by atoms with Crippen molar-refractivity contribution < 1.29 is 0 Å². The molecule has 2 fully saturated rings. The molecule has 2 saturated heterocycles. The molecule has 1 aromatic carbocycles. The molecule has 0 saturated carbocycles. The van der Waals surface area contributed by atoms with Crippen LogP contribution in [0.4, 0.5) is 23.1 Å². The quantitative estimate of drug-likeness (QED) is 0.913. The maximum atomic E-state index is 4.72. The van der Waals surface area contributed by atoms with Gasteiger partial charge in [-0.1, -0.05) is 0 Å². The minimum Gasteiger partial charge on any atom is -0.369 e. The number of hydrogen-bond acceptors (Lipinski definition) is 6. The van der Waals surface area contributed by atoms with Crippen LogP contribution in [0.25, 0.3) is 0 Å². The zero-order valence-electron chi connectivity index (χ0n) is 15.8. The van der Waals surface area contributed by atoms with Gasteiger partial charge in [-0.3, -0.25) is 0 Å². The summed E-state index contributed by atoms with van der Waals surface area (Å²) in [6.45, 7) is 8.63. The van der Waals surface area contributed by atoms with E-state index in [2.05, 4.69) is 62.4 Å². The number of piperazine rings is 1. The fourth-order valence-electron chi connectivity index (χ4n) is 3.67. The number of anilines is 4. The minimum atomic E-state index is 0.680. The normalized spacial score (nSPS) is 18.4. The number of rotatable bonds is 4. The van der Waals surface area contributed by atoms with Crippen LogP contribution in [0.1, 0.15) is 18.5 Å². The first-order valence-corrected chi connectivity index (χ1v) is 9.58. The van der Waals surface area contributed by atoms with Crippen molar-refractivity contribution in [2.45, 2.75) is 19.8 Å². The van der Waals surface area contributed by atoms with Gasteiger partial charge in [-0.15, -0.1) is 0 Å². The predicted molar refractivity (Wildman–Crippen MR) is 108 cm³/mol. The number of nitrogens with one attached hydrogen (secondary N) is 1. The molecule has 2 aliphatic rings. The van der Waals surface area contributed by atoms with Gasteiger partial charge in [0.15, 0.2) is 0 Å². The Morgan fingerprint density at radius 3 is 2.23 bits per heavy atom. The Kier molecular flexibility index (Phi) is 4.93. The summed E-state index contributed by atoms with van der Waals surface area (Å²) in [5, 5.41) is 3.37. The Labute approximate surface area is 155 Å². The molecule has 0 amide bonds. The Balaban J connectivity index is 1.45. The topological polar surface area (TPSA) is 47.5 Å². The average Bonchev–Trinajstić information content (AvgIpc) is 3.17. The lowest BCUT2D eigenvalue weighted by Crippen LogP contribution is -2.44. The minimum absolute atomic E-state index is 0.680. The molecule has 26 heavy (non-hydrogen) atoms. The second-order valence-electron chi connectivity index (χ2n) is 7.35. The second kappa shape index (κ2) is 7.50. The molecule has 1 N–H and O–H groups in total. The molecule has 0 atom stereocenters. The van der Waals surface area contributed by atoms with Crippen LogP contribution in [0.15, 0.2) is 30.3 Å². The maximum Gasteiger partial charge on any atom is 0.229 e. The van der Waals surface area contributed by atoms with Crippen molar-refractivity contribution in [3.63, 3.8) is 0 Å². The van der Waals surface area contributed by atoms with E-state index in [-0.39, 0.29) is 0 Å². The second-order valence-corrected chi connectivity index (χ2v) is 7.35. The summed E-state index contributed by atoms with van der Waals surface area (Å²) in [4.78, 5) is 16.4. The Morgan fingerprint density at radius 2 is 1.54 bits per heavy atom. The summed E-state index contributed by atoms with van der Waals surface area (Å²) in [5.41, 5.74) is 3.31. The van der Waals surface area contributed by atoms with Crippen molar-refractivity contribution >= 4 is 23.1 Å². The predicted octanol–water partition coefficient (Wildman–Crippen LogP) is 2.88. The van der Waals surface area contributed by atoms with Crippen LogP contribution in [0.5, 0.6) is 0 Å². The molecule has 0 unspecified atom stereocenters. The van der Waals surface area contributed by atoms with Crippen molar-refractivity contribution in [2.75, 3.05) is 61.4 Å². The van der Waals surface area contributed by atoms with E-state index in [1.54, 1.807) is 0 Å². The average molecular weight is 352 g/mol. The lowest BCUT2D eigenvalue weighted by atomic mass is 10.2. The van der Waals surface area contributed by atoms with E-state index in [1.807, 2.05) is 6.92 Å². The van der Waals surface area contributed by atoms with Gasteiger partial charge in [0.1, 0.15) is 5.82 Å². The van der Waals surface area contributed by atoms with E-state index >= 15 is 0 Å². The van der Waals surface area contributed by atoms with Crippen molar-refractivity contribution in [3.05, 3.63) is 36.0 Å². The molecule has 2 aliphatic heterocycles. The summed E-state index contributed by atoms with van der Waals surface area (Å²) in [5.74, 6) is 1.71. The van der Waals surface area contributed by atoms with E-state index in [4.69, 9.17) is 4.98 Å². The lowest BCUT2D eigenvalue weighted by molar-refractivity contribution is 0.313. The molecule has 3 heterocycles. The third kappa shape index (κ3) is 3.90. The number of aryl methyl sites for hydroxylation is 1. The largest absolute Gasteiger partial charge is 0.369 e. The van der Waals surface area contributed by atoms with Crippen LogP contribution in [0, 0.1) is 6.92 Å². The van der Waals surface area contributed by atoms with Gasteiger partial charge in [0, 0.05) is 62.4 Å². The van der Waals surface area contributed by atoms with Gasteiger partial charge < -0.3 is 20.0 Å². The van der Waals surface area contributed by atoms with Crippen LogP contribution in [0.2, 0.25) is 0 Å². The van der Waals surface area contributed by atoms with Gasteiger partial charge in [-0.05, 0) is 51.1 Å². The van der Waals surface area contributed by atoms with Crippen LogP contribution >= 0.6 is 0 Å². The van der Waals surface area contributed by atoms with E-state index in [0.29, 0.717) is 5.95 Å². The lowest BCUT2D eigenvalue weighted by Gasteiger charge is -2.34. The first-order valence-electron chi connectivity index (χ1n) is 9.58. The van der Waals surface area contributed by atoms with Crippen molar-refractivity contribution in [3.8, 4) is 0 Å². The summed E-state index contributed by atoms with van der Waals surface area (Å²) in [6, 6.07) is 10.7. The Hall–Kier alpha value is -2.34. The summed E-state index contributed by atoms with van der Waals surface area (Å²) in [7, 11) is 2.18. The van der Waals surface area contributed by atoms with E-state index in [1.165, 1.54) is 18.5 Å². The standard InChI is InChI=1S/C20H28N6/c1-16-15-19(26-9-3-4-10-26)23-20(21-16)22-17-5-7-18(8-6-17)25-13-11-24(2)12-14-25/h5-8,15H,3-4,9-14H2,1-2H3,(H,21,22,23). The molecule has 0 aliphatic carbocycles. The molecule has 4 rings (SSSR count). The Morgan fingerprint density at radius 1 is 0.846 bits per heavy atom. The highest BCUT2D eigenvalue weighted by atomic mass is 15.3. The van der Waals surface area contributed by atoms with E-state index in [0.717, 1.165) is 56.5 Å². The van der Waals surface area contributed by atoms with Gasteiger partial charge in [0.25, 0.3) is 0 Å². The van der Waals surface area contributed by atoms with Gasteiger partial charge >= 0.3 is 0 Å². The first kappa shape index (κ1) is 17.1. The molecule has 2 aromatic rings. The van der Waals surface area contributed by atoms with Crippen molar-refractivity contribution in [2.24, 2.45) is 0 Å². The third-order valence-corrected chi connectivity index (χ3v) is 5.26. The molecular formula is C20H28N6. The SMILES string of the molecule is Cc1cc(N2CCCC2)nc(Nc2ccc(N3CCN(C)CC3)cc2)n1. The monoisotopic (exact) mass is 352 g/mol. The number of aromatic nitrogens is 2. The number of likely N-dealkylation sites (N-methyl/N-ethyl adjacent to an activating group) is 1. The zero-order valence-corrected chi connectivity index (χ0v) is 15.8. The zero-order chi connectivity index (χ0) is 17.9. The summed E-state index contributed by atoms with van der Waals surface area (Å²) < 4.78 is 0. The maximum absolute atomic E-state index is 4.72.